The fourth-order valence-electron chi connectivity index (χ4n) is 0.321. The third-order valence-corrected chi connectivity index (χ3v) is 1.46. The van der Waals surface area contributed by atoms with Crippen LogP contribution in [-0.2, 0) is 0 Å². The molecule has 0 aliphatic rings. The van der Waals surface area contributed by atoms with Gasteiger partial charge in [-0.25, -0.2) is 4.99 Å². The molecule has 0 bridgehead atoms. The molecule has 0 aliphatic heterocycles. The highest BCUT2D eigenvalue weighted by Gasteiger charge is 1.84. The van der Waals surface area contributed by atoms with Gasteiger partial charge in [-0.3, -0.25) is 0 Å². The standard InChI is InChI=1S/C6H6N2S2/c1-6(2-8-5-9)3-10-4-7/h3H,2H2,1H3/b6-3+. The number of thiocyanates is 1. The summed E-state index contributed by atoms with van der Waals surface area (Å²) in [5.74, 6) is 0. The lowest BCUT2D eigenvalue weighted by molar-refractivity contribution is 1.16. The Morgan fingerprint density at radius 1 is 1.90 bits per heavy atom. The number of isothiocyanates is 1. The van der Waals surface area contributed by atoms with Crippen molar-refractivity contribution in [3.63, 3.8) is 0 Å². The smallest absolute Gasteiger partial charge is 0.137 e. The molecule has 0 N–H and O–H groups in total. The van der Waals surface area contributed by atoms with Crippen molar-refractivity contribution >= 4 is 29.1 Å². The first-order chi connectivity index (χ1) is 4.81. The van der Waals surface area contributed by atoms with E-state index in [4.69, 9.17) is 5.26 Å². The van der Waals surface area contributed by atoms with Crippen molar-refractivity contribution in [1.82, 2.24) is 0 Å². The molecule has 0 amide bonds. The Balaban J connectivity index is 3.72. The summed E-state index contributed by atoms with van der Waals surface area (Å²) in [6, 6.07) is 0. The van der Waals surface area contributed by atoms with Gasteiger partial charge < -0.3 is 0 Å². The molecule has 0 aromatic carbocycles. The molecule has 2 nitrogen and oxygen atoms in total. The molecule has 0 spiro atoms. The second kappa shape index (κ2) is 6.50. The van der Waals surface area contributed by atoms with Gasteiger partial charge in [-0.1, -0.05) is 0 Å². The zero-order valence-corrected chi connectivity index (χ0v) is 7.13. The summed E-state index contributed by atoms with van der Waals surface area (Å²) in [4.78, 5) is 3.70. The number of aliphatic imine (C=N–C) groups is 1. The number of hydrogen-bond acceptors (Lipinski definition) is 4. The summed E-state index contributed by atoms with van der Waals surface area (Å²) in [7, 11) is 0. The molecule has 0 aromatic heterocycles. The first-order valence-corrected chi connectivity index (χ1v) is 3.84. The van der Waals surface area contributed by atoms with E-state index in [-0.39, 0.29) is 0 Å². The molecule has 0 unspecified atom stereocenters. The molecule has 4 heteroatoms. The van der Waals surface area contributed by atoms with Gasteiger partial charge in [-0.15, -0.1) is 0 Å². The number of thiocarbonyl (C=S) groups is 1. The lowest BCUT2D eigenvalue weighted by Crippen LogP contribution is -1.78. The number of rotatable bonds is 3. The number of hydrogen-bond donors (Lipinski definition) is 0. The Kier molecular flexibility index (Phi) is 6.10. The van der Waals surface area contributed by atoms with Gasteiger partial charge in [-0.05, 0) is 41.9 Å². The van der Waals surface area contributed by atoms with E-state index < -0.39 is 0 Å². The van der Waals surface area contributed by atoms with E-state index >= 15 is 0 Å². The van der Waals surface area contributed by atoms with Crippen molar-refractivity contribution in [2.24, 2.45) is 4.99 Å². The molecular weight excluding hydrogens is 164 g/mol. The Labute approximate surface area is 69.6 Å². The molecule has 0 atom stereocenters. The molecule has 0 fully saturated rings. The van der Waals surface area contributed by atoms with Crippen LogP contribution in [0.3, 0.4) is 0 Å². The minimum atomic E-state index is 0.540. The van der Waals surface area contributed by atoms with Crippen LogP contribution >= 0.6 is 24.0 Å². The van der Waals surface area contributed by atoms with E-state index in [0.29, 0.717) is 6.54 Å². The van der Waals surface area contributed by atoms with Crippen LogP contribution in [0.25, 0.3) is 0 Å². The van der Waals surface area contributed by atoms with E-state index in [1.165, 1.54) is 0 Å². The van der Waals surface area contributed by atoms with Crippen LogP contribution in [0.15, 0.2) is 16.0 Å². The average Bonchev–Trinajstić information content (AvgIpc) is 1.97. The van der Waals surface area contributed by atoms with Crippen LogP contribution in [0, 0.1) is 10.7 Å². The minimum Gasteiger partial charge on any atom is -0.228 e. The van der Waals surface area contributed by atoms with Gasteiger partial charge in [0.25, 0.3) is 0 Å². The monoisotopic (exact) mass is 170 g/mol. The van der Waals surface area contributed by atoms with Gasteiger partial charge in [0.05, 0.1) is 11.7 Å². The van der Waals surface area contributed by atoms with Crippen LogP contribution in [0.2, 0.25) is 0 Å². The molecule has 0 heterocycles. The van der Waals surface area contributed by atoms with Crippen LogP contribution in [0.5, 0.6) is 0 Å². The van der Waals surface area contributed by atoms with Gasteiger partial charge in [0.15, 0.2) is 0 Å². The first kappa shape index (κ1) is 9.38. The van der Waals surface area contributed by atoms with Crippen molar-refractivity contribution < 1.29 is 0 Å². The summed E-state index contributed by atoms with van der Waals surface area (Å²) in [5.41, 5.74) is 1.02. The van der Waals surface area contributed by atoms with Crippen LogP contribution in [0.1, 0.15) is 6.92 Å². The second-order valence-electron chi connectivity index (χ2n) is 1.58. The zero-order valence-electron chi connectivity index (χ0n) is 5.50. The maximum absolute atomic E-state index is 8.14. The molecule has 0 saturated heterocycles. The average molecular weight is 170 g/mol. The number of nitriles is 1. The van der Waals surface area contributed by atoms with Crippen LogP contribution in [0.4, 0.5) is 0 Å². The lowest BCUT2D eigenvalue weighted by Gasteiger charge is -1.87. The molecule has 0 aromatic rings. The molecular formula is C6H6N2S2. The molecule has 10 heavy (non-hydrogen) atoms. The van der Waals surface area contributed by atoms with Crippen molar-refractivity contribution in [3.8, 4) is 5.40 Å². The normalized spacial score (nSPS) is 9.80. The van der Waals surface area contributed by atoms with Gasteiger partial charge >= 0.3 is 0 Å². The maximum atomic E-state index is 8.14. The highest BCUT2D eigenvalue weighted by molar-refractivity contribution is 8.06. The van der Waals surface area contributed by atoms with Crippen molar-refractivity contribution in [1.29, 1.82) is 5.26 Å². The van der Waals surface area contributed by atoms with Crippen molar-refractivity contribution in [3.05, 3.63) is 11.0 Å². The minimum absolute atomic E-state index is 0.540. The van der Waals surface area contributed by atoms with Crippen LogP contribution < -0.4 is 0 Å². The summed E-state index contributed by atoms with van der Waals surface area (Å²) < 4.78 is 0. The highest BCUT2D eigenvalue weighted by Crippen LogP contribution is 2.03. The third kappa shape index (κ3) is 5.52. The molecule has 52 valence electrons. The van der Waals surface area contributed by atoms with E-state index in [1.54, 1.807) is 5.41 Å². The summed E-state index contributed by atoms with van der Waals surface area (Å²) >= 11 is 5.46. The van der Waals surface area contributed by atoms with E-state index in [2.05, 4.69) is 22.4 Å². The maximum Gasteiger partial charge on any atom is 0.137 e. The van der Waals surface area contributed by atoms with Crippen molar-refractivity contribution in [2.75, 3.05) is 6.54 Å². The topological polar surface area (TPSA) is 36.1 Å². The Hall–Kier alpha value is -0.620. The predicted octanol–water partition coefficient (Wildman–Crippen LogP) is 2.21. The first-order valence-electron chi connectivity index (χ1n) is 2.55. The predicted molar refractivity (Wildman–Crippen MR) is 46.9 cm³/mol. The Morgan fingerprint density at radius 3 is 3.10 bits per heavy atom. The highest BCUT2D eigenvalue weighted by atomic mass is 32.2. The Bertz CT molecular complexity index is 208. The number of thioether (sulfide) groups is 1. The summed E-state index contributed by atoms with van der Waals surface area (Å²) in [5, 5.41) is 14.1. The SMILES string of the molecule is C/C(=C\SC#N)CN=C=S. The zero-order chi connectivity index (χ0) is 7.82. The van der Waals surface area contributed by atoms with Gasteiger partial charge in [0.1, 0.15) is 5.40 Å². The fraction of sp³-hybridized carbons (Fsp3) is 0.333. The quantitative estimate of drug-likeness (QED) is 0.370. The third-order valence-electron chi connectivity index (χ3n) is 0.706. The Morgan fingerprint density at radius 2 is 2.60 bits per heavy atom. The number of nitrogens with zero attached hydrogens (tertiary/aromatic N) is 2. The largest absolute Gasteiger partial charge is 0.228 e. The fourth-order valence-corrected chi connectivity index (χ4v) is 0.714. The summed E-state index contributed by atoms with van der Waals surface area (Å²) in [6.45, 7) is 2.43. The molecule has 0 aliphatic carbocycles. The molecule has 0 radical (unpaired) electrons. The van der Waals surface area contributed by atoms with Gasteiger partial charge in [-0.2, -0.15) is 5.26 Å². The van der Waals surface area contributed by atoms with E-state index in [9.17, 15) is 0 Å². The second-order valence-corrected chi connectivity index (χ2v) is 2.42. The molecule has 0 rings (SSSR count). The van der Waals surface area contributed by atoms with Crippen LogP contribution in [-0.4, -0.2) is 11.7 Å². The summed E-state index contributed by atoms with van der Waals surface area (Å²) in [6.07, 6.45) is 0. The van der Waals surface area contributed by atoms with Gasteiger partial charge in [0.2, 0.25) is 0 Å². The van der Waals surface area contributed by atoms with E-state index in [1.807, 2.05) is 12.3 Å². The lowest BCUT2D eigenvalue weighted by atomic mass is 10.4. The van der Waals surface area contributed by atoms with E-state index in [0.717, 1.165) is 17.3 Å². The van der Waals surface area contributed by atoms with Crippen molar-refractivity contribution in [2.45, 2.75) is 6.92 Å². The van der Waals surface area contributed by atoms with Gasteiger partial charge in [0, 0.05) is 0 Å². The molecule has 0 saturated carbocycles.